The number of aromatic nitrogens is 2. The number of carbonyl (C=O) groups excluding carboxylic acids is 2. The molecule has 2 bridgehead atoms. The Kier molecular flexibility index (Phi) is 4.44. The molecule has 26 heavy (non-hydrogen) atoms. The van der Waals surface area contributed by atoms with Gasteiger partial charge in [-0.3, -0.25) is 14.6 Å². The standard InChI is InChI=1S/C19H22N4O3/c1-13-8-16(26-21-13)9-18(24)23-11-14-5-6-15(23)12-22(10-14)19(25)17-4-2-3-7-20-17/h2-4,7-8,14-15H,5-6,9-12H2,1H3/t14-,15+/m0/s1. The fourth-order valence-electron chi connectivity index (χ4n) is 3.95. The molecule has 7 heteroatoms. The van der Waals surface area contributed by atoms with Crippen LogP contribution in [0.3, 0.4) is 0 Å². The first-order valence-corrected chi connectivity index (χ1v) is 9.02. The second-order valence-corrected chi connectivity index (χ2v) is 7.18. The minimum absolute atomic E-state index is 0.0444. The lowest BCUT2D eigenvalue weighted by molar-refractivity contribution is -0.134. The second kappa shape index (κ2) is 6.90. The number of aryl methyl sites for hydroxylation is 1. The van der Waals surface area contributed by atoms with Gasteiger partial charge in [-0.15, -0.1) is 0 Å². The van der Waals surface area contributed by atoms with Gasteiger partial charge in [-0.25, -0.2) is 0 Å². The van der Waals surface area contributed by atoms with Crippen LogP contribution in [0.25, 0.3) is 0 Å². The summed E-state index contributed by atoms with van der Waals surface area (Å²) in [5.41, 5.74) is 1.24. The van der Waals surface area contributed by atoms with Gasteiger partial charge >= 0.3 is 0 Å². The molecule has 2 amide bonds. The molecule has 5 heterocycles. The third-order valence-corrected chi connectivity index (χ3v) is 5.21. The van der Waals surface area contributed by atoms with Crippen molar-refractivity contribution < 1.29 is 14.1 Å². The van der Waals surface area contributed by atoms with E-state index in [9.17, 15) is 9.59 Å². The van der Waals surface area contributed by atoms with Gasteiger partial charge in [-0.05, 0) is 37.8 Å². The molecule has 7 nitrogen and oxygen atoms in total. The van der Waals surface area contributed by atoms with Crippen LogP contribution in [0, 0.1) is 12.8 Å². The summed E-state index contributed by atoms with van der Waals surface area (Å²) in [5, 5.41) is 3.84. The summed E-state index contributed by atoms with van der Waals surface area (Å²) >= 11 is 0. The molecule has 2 atom stereocenters. The number of nitrogens with zero attached hydrogens (tertiary/aromatic N) is 4. The van der Waals surface area contributed by atoms with Crippen LogP contribution in [0.5, 0.6) is 0 Å². The van der Waals surface area contributed by atoms with Gasteiger partial charge < -0.3 is 14.3 Å². The zero-order valence-corrected chi connectivity index (χ0v) is 14.8. The van der Waals surface area contributed by atoms with Gasteiger partial charge in [0.1, 0.15) is 11.5 Å². The number of hydrogen-bond donors (Lipinski definition) is 0. The highest BCUT2D eigenvalue weighted by Crippen LogP contribution is 2.29. The van der Waals surface area contributed by atoms with E-state index in [1.807, 2.05) is 22.8 Å². The molecule has 2 aromatic rings. The summed E-state index contributed by atoms with van der Waals surface area (Å²) in [5.74, 6) is 0.890. The molecule has 0 radical (unpaired) electrons. The number of hydrogen-bond acceptors (Lipinski definition) is 5. The summed E-state index contributed by atoms with van der Waals surface area (Å²) in [6, 6.07) is 7.21. The predicted molar refractivity (Wildman–Crippen MR) is 93.3 cm³/mol. The quantitative estimate of drug-likeness (QED) is 0.838. The monoisotopic (exact) mass is 354 g/mol. The molecule has 136 valence electrons. The largest absolute Gasteiger partial charge is 0.361 e. The fraction of sp³-hybridized carbons (Fsp3) is 0.474. The minimum Gasteiger partial charge on any atom is -0.361 e. The van der Waals surface area contributed by atoms with Gasteiger partial charge in [0.25, 0.3) is 5.91 Å². The summed E-state index contributed by atoms with van der Waals surface area (Å²) in [6.45, 7) is 3.78. The maximum Gasteiger partial charge on any atom is 0.272 e. The average Bonchev–Trinajstić information content (AvgIpc) is 2.86. The van der Waals surface area contributed by atoms with Crippen LogP contribution in [0.15, 0.2) is 35.0 Å². The zero-order chi connectivity index (χ0) is 18.1. The normalized spacial score (nSPS) is 22.3. The summed E-state index contributed by atoms with van der Waals surface area (Å²) in [6.07, 6.45) is 3.83. The molecule has 5 rings (SSSR count). The van der Waals surface area contributed by atoms with Gasteiger partial charge in [0.05, 0.1) is 12.1 Å². The molecule has 0 N–H and O–H groups in total. The molecule has 3 saturated heterocycles. The zero-order valence-electron chi connectivity index (χ0n) is 14.8. The van der Waals surface area contributed by atoms with Crippen molar-refractivity contribution in [2.24, 2.45) is 5.92 Å². The fourth-order valence-corrected chi connectivity index (χ4v) is 3.95. The molecule has 3 aliphatic rings. The van der Waals surface area contributed by atoms with Crippen molar-refractivity contribution in [3.63, 3.8) is 0 Å². The maximum absolute atomic E-state index is 12.8. The lowest BCUT2D eigenvalue weighted by Gasteiger charge is -2.36. The lowest BCUT2D eigenvalue weighted by Crippen LogP contribution is -2.48. The van der Waals surface area contributed by atoms with E-state index in [2.05, 4.69) is 10.1 Å². The third kappa shape index (κ3) is 3.34. The van der Waals surface area contributed by atoms with E-state index in [1.54, 1.807) is 24.4 Å². The molecule has 2 aromatic heterocycles. The highest BCUT2D eigenvalue weighted by atomic mass is 16.5. The van der Waals surface area contributed by atoms with Gasteiger partial charge in [0.2, 0.25) is 5.91 Å². The van der Waals surface area contributed by atoms with Crippen LogP contribution in [0.2, 0.25) is 0 Å². The molecule has 0 saturated carbocycles. The van der Waals surface area contributed by atoms with E-state index in [1.165, 1.54) is 0 Å². The minimum atomic E-state index is -0.0531. The topological polar surface area (TPSA) is 79.5 Å². The Labute approximate surface area is 152 Å². The van der Waals surface area contributed by atoms with Crippen molar-refractivity contribution in [2.45, 2.75) is 32.2 Å². The van der Waals surface area contributed by atoms with E-state index in [-0.39, 0.29) is 24.3 Å². The van der Waals surface area contributed by atoms with Crippen molar-refractivity contribution in [3.05, 3.63) is 47.6 Å². The van der Waals surface area contributed by atoms with E-state index in [0.717, 1.165) is 18.5 Å². The van der Waals surface area contributed by atoms with Crippen LogP contribution in [-0.4, -0.2) is 57.4 Å². The van der Waals surface area contributed by atoms with Crippen LogP contribution in [0.4, 0.5) is 0 Å². The Hall–Kier alpha value is -2.70. The third-order valence-electron chi connectivity index (χ3n) is 5.21. The van der Waals surface area contributed by atoms with Gasteiger partial charge in [0, 0.05) is 37.9 Å². The Balaban J connectivity index is 1.48. The second-order valence-electron chi connectivity index (χ2n) is 7.18. The van der Waals surface area contributed by atoms with Gasteiger partial charge in [-0.1, -0.05) is 11.2 Å². The first-order valence-electron chi connectivity index (χ1n) is 9.02. The predicted octanol–water partition coefficient (Wildman–Crippen LogP) is 1.68. The summed E-state index contributed by atoms with van der Waals surface area (Å²) in [7, 11) is 0. The molecule has 0 aromatic carbocycles. The smallest absolute Gasteiger partial charge is 0.272 e. The van der Waals surface area contributed by atoms with Crippen molar-refractivity contribution in [1.82, 2.24) is 19.9 Å². The van der Waals surface area contributed by atoms with Crippen molar-refractivity contribution in [2.75, 3.05) is 19.6 Å². The first kappa shape index (κ1) is 16.8. The van der Waals surface area contributed by atoms with Crippen molar-refractivity contribution >= 4 is 11.8 Å². The maximum atomic E-state index is 12.8. The highest BCUT2D eigenvalue weighted by Gasteiger charge is 2.39. The molecular formula is C19H22N4O3. The van der Waals surface area contributed by atoms with E-state index >= 15 is 0 Å². The lowest BCUT2D eigenvalue weighted by atomic mass is 9.94. The number of fused-ring (bicyclic) bond motifs is 4. The van der Waals surface area contributed by atoms with Gasteiger partial charge in [-0.2, -0.15) is 0 Å². The van der Waals surface area contributed by atoms with Crippen LogP contribution in [0.1, 0.15) is 34.8 Å². The molecule has 0 aliphatic carbocycles. The SMILES string of the molecule is Cc1cc(CC(=O)N2C[C@H]3CC[C@@H]2CN(C(=O)c2ccccn2)C3)on1. The Morgan fingerprint density at radius 3 is 2.85 bits per heavy atom. The number of pyridine rings is 1. The first-order chi connectivity index (χ1) is 12.6. The number of carbonyl (C=O) groups is 2. The molecule has 0 spiro atoms. The van der Waals surface area contributed by atoms with E-state index in [4.69, 9.17) is 4.52 Å². The van der Waals surface area contributed by atoms with Crippen LogP contribution >= 0.6 is 0 Å². The molecular weight excluding hydrogens is 332 g/mol. The van der Waals surface area contributed by atoms with E-state index < -0.39 is 0 Å². The number of amides is 2. The van der Waals surface area contributed by atoms with Crippen molar-refractivity contribution in [3.8, 4) is 0 Å². The average molecular weight is 354 g/mol. The van der Waals surface area contributed by atoms with Crippen molar-refractivity contribution in [1.29, 1.82) is 0 Å². The Morgan fingerprint density at radius 2 is 2.12 bits per heavy atom. The summed E-state index contributed by atoms with van der Waals surface area (Å²) in [4.78, 5) is 33.5. The number of rotatable bonds is 3. The summed E-state index contributed by atoms with van der Waals surface area (Å²) < 4.78 is 5.18. The highest BCUT2D eigenvalue weighted by molar-refractivity contribution is 5.92. The molecule has 0 unspecified atom stereocenters. The molecule has 3 fully saturated rings. The Morgan fingerprint density at radius 1 is 1.23 bits per heavy atom. The van der Waals surface area contributed by atoms with E-state index in [0.29, 0.717) is 37.0 Å². The number of piperidine rings is 1. The van der Waals surface area contributed by atoms with Crippen LogP contribution < -0.4 is 0 Å². The molecule has 3 aliphatic heterocycles. The van der Waals surface area contributed by atoms with Gasteiger partial charge in [0.15, 0.2) is 0 Å². The Bertz CT molecular complexity index is 804. The van der Waals surface area contributed by atoms with Crippen LogP contribution in [-0.2, 0) is 11.2 Å².